The van der Waals surface area contributed by atoms with Crippen LogP contribution in [0.3, 0.4) is 0 Å². The highest BCUT2D eigenvalue weighted by molar-refractivity contribution is 6.30. The van der Waals surface area contributed by atoms with E-state index in [1.165, 1.54) is 6.21 Å². The highest BCUT2D eigenvalue weighted by atomic mass is 35.5. The van der Waals surface area contributed by atoms with Crippen LogP contribution in [0, 0.1) is 0 Å². The van der Waals surface area contributed by atoms with Gasteiger partial charge in [-0.2, -0.15) is 5.10 Å². The number of carbonyl (C=O) groups is 2. The third kappa shape index (κ3) is 6.94. The number of hydrogen-bond donors (Lipinski definition) is 1. The lowest BCUT2D eigenvalue weighted by atomic mass is 10.1. The Hall–Kier alpha value is -2.86. The predicted octanol–water partition coefficient (Wildman–Crippen LogP) is 2.97. The molecule has 0 atom stereocenters. The lowest BCUT2D eigenvalue weighted by molar-refractivity contribution is -0.145. The highest BCUT2D eigenvalue weighted by Gasteiger charge is 2.03. The second-order valence-electron chi connectivity index (χ2n) is 5.26. The number of amides is 1. The zero-order valence-corrected chi connectivity index (χ0v) is 15.0. The summed E-state index contributed by atoms with van der Waals surface area (Å²) in [5.41, 5.74) is 4.10. The van der Waals surface area contributed by atoms with Crippen LogP contribution in [0.2, 0.25) is 5.02 Å². The molecular weight excluding hydrogens is 356 g/mol. The highest BCUT2D eigenvalue weighted by Crippen LogP contribution is 2.11. The van der Waals surface area contributed by atoms with E-state index in [4.69, 9.17) is 21.1 Å². The monoisotopic (exact) mass is 374 g/mol. The summed E-state index contributed by atoms with van der Waals surface area (Å²) >= 11 is 5.80. The molecule has 0 radical (unpaired) electrons. The van der Waals surface area contributed by atoms with Gasteiger partial charge in [-0.15, -0.1) is 0 Å². The molecule has 2 rings (SSSR count). The molecule has 0 aromatic heterocycles. The molecule has 7 heteroatoms. The summed E-state index contributed by atoms with van der Waals surface area (Å²) in [7, 11) is 0. The van der Waals surface area contributed by atoms with E-state index in [-0.39, 0.29) is 18.9 Å². The van der Waals surface area contributed by atoms with Gasteiger partial charge in [0.2, 0.25) is 5.91 Å². The summed E-state index contributed by atoms with van der Waals surface area (Å²) in [5, 5.41) is 4.54. The molecule has 136 valence electrons. The number of hydrazone groups is 1. The smallest absolute Gasteiger partial charge is 0.344 e. The Morgan fingerprint density at radius 3 is 2.46 bits per heavy atom. The molecule has 0 fully saturated rings. The van der Waals surface area contributed by atoms with Crippen LogP contribution in [0.5, 0.6) is 5.75 Å². The van der Waals surface area contributed by atoms with Gasteiger partial charge >= 0.3 is 5.97 Å². The average Bonchev–Trinajstić information content (AvgIpc) is 2.63. The van der Waals surface area contributed by atoms with Gasteiger partial charge in [-0.25, -0.2) is 10.2 Å². The van der Waals surface area contributed by atoms with Crippen LogP contribution in [0.4, 0.5) is 0 Å². The lowest BCUT2D eigenvalue weighted by Crippen LogP contribution is -2.19. The third-order valence-corrected chi connectivity index (χ3v) is 3.47. The van der Waals surface area contributed by atoms with Crippen molar-refractivity contribution < 1.29 is 19.1 Å². The molecule has 2 aromatic rings. The van der Waals surface area contributed by atoms with Crippen molar-refractivity contribution in [1.82, 2.24) is 5.43 Å². The van der Waals surface area contributed by atoms with E-state index in [9.17, 15) is 9.59 Å². The van der Waals surface area contributed by atoms with E-state index >= 15 is 0 Å². The standard InChI is InChI=1S/C19H19ClN2O4/c1-2-25-19(24)13-26-17-9-5-15(6-10-17)12-21-22-18(23)11-14-3-7-16(20)8-4-14/h3-10,12H,2,11,13H2,1H3,(H,22,23)/b21-12-. The van der Waals surface area contributed by atoms with Crippen LogP contribution in [0.25, 0.3) is 0 Å². The molecule has 0 unspecified atom stereocenters. The summed E-state index contributed by atoms with van der Waals surface area (Å²) in [6, 6.07) is 14.0. The van der Waals surface area contributed by atoms with Crippen molar-refractivity contribution >= 4 is 29.7 Å². The molecule has 0 bridgehead atoms. The number of hydrogen-bond acceptors (Lipinski definition) is 5. The fraction of sp³-hybridized carbons (Fsp3) is 0.211. The van der Waals surface area contributed by atoms with Crippen molar-refractivity contribution in [2.75, 3.05) is 13.2 Å². The van der Waals surface area contributed by atoms with Crippen LogP contribution in [-0.2, 0) is 20.7 Å². The number of rotatable bonds is 8. The summed E-state index contributed by atoms with van der Waals surface area (Å²) in [5.74, 6) is -0.0959. The SMILES string of the molecule is CCOC(=O)COc1ccc(/C=N\NC(=O)Cc2ccc(Cl)cc2)cc1. The molecule has 0 saturated carbocycles. The zero-order valence-electron chi connectivity index (χ0n) is 14.3. The van der Waals surface area contributed by atoms with Crippen LogP contribution >= 0.6 is 11.6 Å². The number of ether oxygens (including phenoxy) is 2. The molecule has 2 aromatic carbocycles. The molecule has 0 heterocycles. The second kappa shape index (κ2) is 10.2. The molecule has 1 N–H and O–H groups in total. The van der Waals surface area contributed by atoms with Gasteiger partial charge in [-0.1, -0.05) is 23.7 Å². The molecule has 6 nitrogen and oxygen atoms in total. The minimum Gasteiger partial charge on any atom is -0.482 e. The largest absolute Gasteiger partial charge is 0.482 e. The maximum Gasteiger partial charge on any atom is 0.344 e. The summed E-state index contributed by atoms with van der Waals surface area (Å²) < 4.78 is 10.1. The van der Waals surface area contributed by atoms with Crippen LogP contribution in [0.1, 0.15) is 18.1 Å². The molecular formula is C19H19ClN2O4. The molecule has 26 heavy (non-hydrogen) atoms. The predicted molar refractivity (Wildman–Crippen MR) is 99.5 cm³/mol. The van der Waals surface area contributed by atoms with Crippen LogP contribution in [0.15, 0.2) is 53.6 Å². The summed E-state index contributed by atoms with van der Waals surface area (Å²) in [4.78, 5) is 23.0. The van der Waals surface area contributed by atoms with Gasteiger partial charge in [0.25, 0.3) is 0 Å². The average molecular weight is 375 g/mol. The number of benzene rings is 2. The molecule has 0 aliphatic rings. The maximum absolute atomic E-state index is 11.8. The minimum absolute atomic E-state index is 0.137. The van der Waals surface area contributed by atoms with Crippen LogP contribution < -0.4 is 10.2 Å². The number of esters is 1. The van der Waals surface area contributed by atoms with Crippen molar-refractivity contribution in [2.24, 2.45) is 5.10 Å². The minimum atomic E-state index is -0.415. The molecule has 0 aliphatic carbocycles. The number of halogens is 1. The van der Waals surface area contributed by atoms with Crippen molar-refractivity contribution in [3.63, 3.8) is 0 Å². The first-order chi connectivity index (χ1) is 12.6. The summed E-state index contributed by atoms with van der Waals surface area (Å²) in [6.07, 6.45) is 1.74. The maximum atomic E-state index is 11.8. The van der Waals surface area contributed by atoms with Gasteiger partial charge in [-0.3, -0.25) is 4.79 Å². The fourth-order valence-electron chi connectivity index (χ4n) is 2.00. The van der Waals surface area contributed by atoms with Gasteiger partial charge in [0.15, 0.2) is 6.61 Å². The number of nitrogens with zero attached hydrogens (tertiary/aromatic N) is 1. The molecule has 1 amide bonds. The first-order valence-electron chi connectivity index (χ1n) is 8.01. The Labute approximate surface area is 156 Å². The zero-order chi connectivity index (χ0) is 18.8. The quantitative estimate of drug-likeness (QED) is 0.438. The Morgan fingerprint density at radius 1 is 1.12 bits per heavy atom. The number of carbonyl (C=O) groups excluding carboxylic acids is 2. The van der Waals surface area contributed by atoms with Gasteiger partial charge in [-0.05, 0) is 54.4 Å². The van der Waals surface area contributed by atoms with E-state index in [1.54, 1.807) is 55.5 Å². The Kier molecular flexibility index (Phi) is 7.64. The first kappa shape index (κ1) is 19.5. The van der Waals surface area contributed by atoms with E-state index in [0.717, 1.165) is 11.1 Å². The lowest BCUT2D eigenvalue weighted by Gasteiger charge is -2.05. The van der Waals surface area contributed by atoms with Crippen molar-refractivity contribution in [3.05, 3.63) is 64.7 Å². The second-order valence-corrected chi connectivity index (χ2v) is 5.70. The van der Waals surface area contributed by atoms with Gasteiger partial charge in [0.1, 0.15) is 5.75 Å². The van der Waals surface area contributed by atoms with Crippen molar-refractivity contribution in [3.8, 4) is 5.75 Å². The molecule has 0 saturated heterocycles. The normalized spacial score (nSPS) is 10.5. The van der Waals surface area contributed by atoms with Gasteiger partial charge in [0.05, 0.1) is 19.2 Å². The third-order valence-electron chi connectivity index (χ3n) is 3.22. The van der Waals surface area contributed by atoms with Crippen molar-refractivity contribution in [2.45, 2.75) is 13.3 Å². The van der Waals surface area contributed by atoms with Crippen LogP contribution in [-0.4, -0.2) is 31.3 Å². The van der Waals surface area contributed by atoms with E-state index in [0.29, 0.717) is 17.4 Å². The topological polar surface area (TPSA) is 77.0 Å². The van der Waals surface area contributed by atoms with Crippen molar-refractivity contribution in [1.29, 1.82) is 0 Å². The number of nitrogens with one attached hydrogen (secondary N) is 1. The van der Waals surface area contributed by atoms with Gasteiger partial charge < -0.3 is 9.47 Å². The Bertz CT molecular complexity index is 758. The summed E-state index contributed by atoms with van der Waals surface area (Å²) in [6.45, 7) is 1.92. The Balaban J connectivity index is 1.78. The van der Waals surface area contributed by atoms with E-state index in [1.807, 2.05) is 0 Å². The van der Waals surface area contributed by atoms with E-state index in [2.05, 4.69) is 10.5 Å². The van der Waals surface area contributed by atoms with E-state index < -0.39 is 5.97 Å². The van der Waals surface area contributed by atoms with Gasteiger partial charge in [0, 0.05) is 5.02 Å². The molecule has 0 aliphatic heterocycles. The molecule has 0 spiro atoms. The fourth-order valence-corrected chi connectivity index (χ4v) is 2.13. The first-order valence-corrected chi connectivity index (χ1v) is 8.39. The Morgan fingerprint density at radius 2 is 1.81 bits per heavy atom.